The van der Waals surface area contributed by atoms with Crippen molar-refractivity contribution in [2.75, 3.05) is 34.8 Å². The van der Waals surface area contributed by atoms with Crippen molar-refractivity contribution in [3.8, 4) is 5.75 Å². The topological polar surface area (TPSA) is 57.2 Å². The number of hydrogen-bond donors (Lipinski definition) is 1. The van der Waals surface area contributed by atoms with Gasteiger partial charge in [0, 0.05) is 27.7 Å². The summed E-state index contributed by atoms with van der Waals surface area (Å²) in [6.45, 7) is 1.03. The Bertz CT molecular complexity index is 813. The zero-order valence-corrected chi connectivity index (χ0v) is 19.5. The van der Waals surface area contributed by atoms with Gasteiger partial charge < -0.3 is 19.9 Å². The van der Waals surface area contributed by atoms with E-state index in [1.54, 1.807) is 27.3 Å². The summed E-state index contributed by atoms with van der Waals surface area (Å²) in [5.41, 5.74) is 1.83. The van der Waals surface area contributed by atoms with Gasteiger partial charge in [-0.2, -0.15) is 0 Å². The zero-order valence-electron chi connectivity index (χ0n) is 17.2. The SMILES string of the molecule is COc1ccc(CN=C(NCC(=O)N(C)C)N(C)Cc2cccc(F)c2)cc1.I. The molecule has 2 rings (SSSR count). The molecule has 0 saturated heterocycles. The van der Waals surface area contributed by atoms with E-state index >= 15 is 0 Å². The maximum Gasteiger partial charge on any atom is 0.241 e. The Morgan fingerprint density at radius 2 is 1.79 bits per heavy atom. The number of hydrogen-bond acceptors (Lipinski definition) is 3. The Hall–Kier alpha value is -2.36. The highest BCUT2D eigenvalue weighted by Gasteiger charge is 2.11. The number of likely N-dealkylation sites (N-methyl/N-ethyl adjacent to an activating group) is 1. The molecule has 2 aromatic carbocycles. The summed E-state index contributed by atoms with van der Waals surface area (Å²) in [6, 6.07) is 14.1. The first-order valence-corrected chi connectivity index (χ1v) is 8.96. The maximum atomic E-state index is 13.5. The average molecular weight is 514 g/mol. The van der Waals surface area contributed by atoms with Gasteiger partial charge in [0.2, 0.25) is 5.91 Å². The first-order valence-electron chi connectivity index (χ1n) is 8.96. The molecule has 0 saturated carbocycles. The largest absolute Gasteiger partial charge is 0.497 e. The van der Waals surface area contributed by atoms with E-state index < -0.39 is 0 Å². The van der Waals surface area contributed by atoms with Gasteiger partial charge in [0.1, 0.15) is 11.6 Å². The Balaban J connectivity index is 0.00000420. The highest BCUT2D eigenvalue weighted by atomic mass is 127. The van der Waals surface area contributed by atoms with Crippen LogP contribution in [0.25, 0.3) is 0 Å². The number of methoxy groups -OCH3 is 1. The van der Waals surface area contributed by atoms with E-state index in [4.69, 9.17) is 4.74 Å². The molecule has 0 aliphatic heterocycles. The molecule has 0 bridgehead atoms. The molecule has 1 N–H and O–H groups in total. The standard InChI is InChI=1S/C21H27FN4O2.HI/c1-25(2)20(27)14-24-21(23-13-16-8-10-19(28-4)11-9-16)26(3)15-17-6-5-7-18(22)12-17;/h5-12H,13-15H2,1-4H3,(H,23,24);1H. The van der Waals surface area contributed by atoms with E-state index in [0.717, 1.165) is 16.9 Å². The minimum atomic E-state index is -0.279. The first-order chi connectivity index (χ1) is 13.4. The van der Waals surface area contributed by atoms with Crippen LogP contribution in [-0.2, 0) is 17.9 Å². The van der Waals surface area contributed by atoms with Gasteiger partial charge in [-0.15, -0.1) is 24.0 Å². The van der Waals surface area contributed by atoms with E-state index in [2.05, 4.69) is 10.3 Å². The molecule has 0 atom stereocenters. The molecule has 0 aromatic heterocycles. The number of nitrogens with one attached hydrogen (secondary N) is 1. The summed E-state index contributed by atoms with van der Waals surface area (Å²) in [6.07, 6.45) is 0. The van der Waals surface area contributed by atoms with Crippen LogP contribution in [0.3, 0.4) is 0 Å². The molecule has 0 spiro atoms. The fourth-order valence-electron chi connectivity index (χ4n) is 2.51. The van der Waals surface area contributed by atoms with Gasteiger partial charge >= 0.3 is 0 Å². The lowest BCUT2D eigenvalue weighted by Gasteiger charge is -2.23. The second-order valence-electron chi connectivity index (χ2n) is 6.62. The number of nitrogens with zero attached hydrogens (tertiary/aromatic N) is 3. The summed E-state index contributed by atoms with van der Waals surface area (Å²) in [7, 11) is 6.88. The molecule has 0 heterocycles. The fourth-order valence-corrected chi connectivity index (χ4v) is 2.51. The number of guanidine groups is 1. The molecule has 29 heavy (non-hydrogen) atoms. The van der Waals surface area contributed by atoms with Crippen LogP contribution in [0.2, 0.25) is 0 Å². The number of halogens is 2. The molecule has 6 nitrogen and oxygen atoms in total. The van der Waals surface area contributed by atoms with Gasteiger partial charge in [-0.1, -0.05) is 24.3 Å². The van der Waals surface area contributed by atoms with Crippen LogP contribution in [0.5, 0.6) is 5.75 Å². The van der Waals surface area contributed by atoms with E-state index in [0.29, 0.717) is 19.0 Å². The Labute approximate surface area is 188 Å². The molecule has 1 amide bonds. The molecule has 0 radical (unpaired) electrons. The number of benzene rings is 2. The van der Waals surface area contributed by atoms with Crippen molar-refractivity contribution >= 4 is 35.8 Å². The number of ether oxygens (including phenoxy) is 1. The predicted octanol–water partition coefficient (Wildman–Crippen LogP) is 3.12. The molecule has 0 aliphatic rings. The quantitative estimate of drug-likeness (QED) is 0.351. The number of rotatable bonds is 7. The first kappa shape index (κ1) is 24.7. The number of carbonyl (C=O) groups excluding carboxylic acids is 1. The van der Waals surface area contributed by atoms with E-state index in [-0.39, 0.29) is 42.2 Å². The van der Waals surface area contributed by atoms with Gasteiger partial charge in [-0.05, 0) is 35.4 Å². The minimum absolute atomic E-state index is 0. The van der Waals surface area contributed by atoms with Gasteiger partial charge in [-0.25, -0.2) is 9.38 Å². The van der Waals surface area contributed by atoms with E-state index in [9.17, 15) is 9.18 Å². The number of aliphatic imine (C=N–C) groups is 1. The minimum Gasteiger partial charge on any atom is -0.497 e. The molecule has 0 unspecified atom stereocenters. The monoisotopic (exact) mass is 514 g/mol. The lowest BCUT2D eigenvalue weighted by Crippen LogP contribution is -2.43. The lowest BCUT2D eigenvalue weighted by molar-refractivity contribution is -0.127. The Morgan fingerprint density at radius 3 is 2.38 bits per heavy atom. The average Bonchev–Trinajstić information content (AvgIpc) is 2.68. The van der Waals surface area contributed by atoms with Crippen LogP contribution in [0.4, 0.5) is 4.39 Å². The maximum absolute atomic E-state index is 13.5. The molecule has 0 fully saturated rings. The van der Waals surface area contributed by atoms with Crippen LogP contribution in [0.15, 0.2) is 53.5 Å². The van der Waals surface area contributed by atoms with Gasteiger partial charge in [0.15, 0.2) is 5.96 Å². The Morgan fingerprint density at radius 1 is 1.10 bits per heavy atom. The second kappa shape index (κ2) is 12.3. The zero-order chi connectivity index (χ0) is 20.5. The van der Waals surface area contributed by atoms with Crippen molar-refractivity contribution < 1.29 is 13.9 Å². The van der Waals surface area contributed by atoms with Crippen LogP contribution in [0, 0.1) is 5.82 Å². The van der Waals surface area contributed by atoms with Gasteiger partial charge in [0.25, 0.3) is 0 Å². The van der Waals surface area contributed by atoms with Crippen molar-refractivity contribution in [3.63, 3.8) is 0 Å². The molecular weight excluding hydrogens is 486 g/mol. The molecule has 0 aliphatic carbocycles. The van der Waals surface area contributed by atoms with Crippen molar-refractivity contribution in [2.45, 2.75) is 13.1 Å². The third-order valence-electron chi connectivity index (χ3n) is 4.14. The van der Waals surface area contributed by atoms with Crippen molar-refractivity contribution in [3.05, 3.63) is 65.5 Å². The molecule has 2 aromatic rings. The smallest absolute Gasteiger partial charge is 0.241 e. The number of amides is 1. The Kier molecular flexibility index (Phi) is 10.4. The van der Waals surface area contributed by atoms with Crippen LogP contribution in [-0.4, -0.2) is 56.5 Å². The van der Waals surface area contributed by atoms with Crippen molar-refractivity contribution in [1.82, 2.24) is 15.1 Å². The third-order valence-corrected chi connectivity index (χ3v) is 4.14. The fraction of sp³-hybridized carbons (Fsp3) is 0.333. The van der Waals surface area contributed by atoms with Crippen molar-refractivity contribution in [1.29, 1.82) is 0 Å². The van der Waals surface area contributed by atoms with Gasteiger partial charge in [-0.3, -0.25) is 4.79 Å². The summed E-state index contributed by atoms with van der Waals surface area (Å²) in [4.78, 5) is 19.9. The summed E-state index contributed by atoms with van der Waals surface area (Å²) in [5, 5.41) is 3.09. The van der Waals surface area contributed by atoms with Crippen LogP contribution in [0.1, 0.15) is 11.1 Å². The van der Waals surface area contributed by atoms with Crippen LogP contribution < -0.4 is 10.1 Å². The van der Waals surface area contributed by atoms with Crippen LogP contribution >= 0.6 is 24.0 Å². The predicted molar refractivity (Wildman–Crippen MR) is 124 cm³/mol. The van der Waals surface area contributed by atoms with E-state index in [1.165, 1.54) is 17.0 Å². The molecule has 158 valence electrons. The lowest BCUT2D eigenvalue weighted by atomic mass is 10.2. The summed E-state index contributed by atoms with van der Waals surface area (Å²) in [5.74, 6) is 1.01. The molecular formula is C21H28FIN4O2. The summed E-state index contributed by atoms with van der Waals surface area (Å²) >= 11 is 0. The number of carbonyl (C=O) groups is 1. The molecule has 8 heteroatoms. The van der Waals surface area contributed by atoms with E-state index in [1.807, 2.05) is 42.3 Å². The normalized spacial score (nSPS) is 10.7. The second-order valence-corrected chi connectivity index (χ2v) is 6.62. The van der Waals surface area contributed by atoms with Gasteiger partial charge in [0.05, 0.1) is 20.2 Å². The summed E-state index contributed by atoms with van der Waals surface area (Å²) < 4.78 is 18.6. The highest BCUT2D eigenvalue weighted by molar-refractivity contribution is 14.0. The highest BCUT2D eigenvalue weighted by Crippen LogP contribution is 2.12. The van der Waals surface area contributed by atoms with Crippen molar-refractivity contribution in [2.24, 2.45) is 4.99 Å². The third kappa shape index (κ3) is 8.26.